The van der Waals surface area contributed by atoms with Gasteiger partial charge in [-0.2, -0.15) is 0 Å². The summed E-state index contributed by atoms with van der Waals surface area (Å²) >= 11 is 0. The van der Waals surface area contributed by atoms with Gasteiger partial charge in [-0.05, 0) is 38.8 Å². The predicted molar refractivity (Wildman–Crippen MR) is 59.3 cm³/mol. The van der Waals surface area contributed by atoms with Crippen LogP contribution >= 0.6 is 0 Å². The van der Waals surface area contributed by atoms with Gasteiger partial charge in [0.05, 0.1) is 0 Å². The second-order valence-electron chi connectivity index (χ2n) is 4.93. The molecule has 2 rings (SSSR count). The zero-order chi connectivity index (χ0) is 9.97. The van der Waals surface area contributed by atoms with E-state index < -0.39 is 0 Å². The first kappa shape index (κ1) is 10.4. The van der Waals surface area contributed by atoms with Gasteiger partial charge >= 0.3 is 0 Å². The molecular weight excluding hydrogens is 174 g/mol. The summed E-state index contributed by atoms with van der Waals surface area (Å²) in [6.07, 6.45) is 3.96. The van der Waals surface area contributed by atoms with Crippen LogP contribution in [0.25, 0.3) is 0 Å². The van der Waals surface area contributed by atoms with E-state index in [0.717, 1.165) is 5.92 Å². The fourth-order valence-corrected chi connectivity index (χ4v) is 2.16. The Morgan fingerprint density at radius 1 is 1.21 bits per heavy atom. The van der Waals surface area contributed by atoms with E-state index >= 15 is 0 Å². The van der Waals surface area contributed by atoms with Crippen LogP contribution < -0.4 is 5.73 Å². The summed E-state index contributed by atoms with van der Waals surface area (Å²) in [5.41, 5.74) is 6.09. The van der Waals surface area contributed by atoms with Crippen LogP contribution in [0.5, 0.6) is 0 Å². The van der Waals surface area contributed by atoms with E-state index in [2.05, 4.69) is 16.8 Å². The van der Waals surface area contributed by atoms with Crippen molar-refractivity contribution >= 4 is 0 Å². The SMILES string of the molecule is CN1CCN(CCC(N)C2CC2)CC1. The molecule has 0 radical (unpaired) electrons. The molecule has 1 heterocycles. The lowest BCUT2D eigenvalue weighted by molar-refractivity contribution is 0.149. The Balaban J connectivity index is 1.60. The fraction of sp³-hybridized carbons (Fsp3) is 1.00. The first-order valence-corrected chi connectivity index (χ1v) is 5.92. The average Bonchev–Trinajstić information content (AvgIpc) is 3.00. The topological polar surface area (TPSA) is 32.5 Å². The summed E-state index contributed by atoms with van der Waals surface area (Å²) in [6, 6.07) is 0.481. The second kappa shape index (κ2) is 4.60. The van der Waals surface area contributed by atoms with Crippen molar-refractivity contribution < 1.29 is 0 Å². The number of nitrogens with two attached hydrogens (primary N) is 1. The zero-order valence-electron chi connectivity index (χ0n) is 9.28. The van der Waals surface area contributed by atoms with Gasteiger partial charge in [0, 0.05) is 32.2 Å². The quantitative estimate of drug-likeness (QED) is 0.706. The van der Waals surface area contributed by atoms with Crippen molar-refractivity contribution in [2.75, 3.05) is 39.8 Å². The van der Waals surface area contributed by atoms with E-state index in [1.165, 1.54) is 52.0 Å². The zero-order valence-corrected chi connectivity index (χ0v) is 9.28. The Morgan fingerprint density at radius 2 is 1.86 bits per heavy atom. The van der Waals surface area contributed by atoms with Crippen LogP contribution in [0.15, 0.2) is 0 Å². The molecule has 2 aliphatic rings. The van der Waals surface area contributed by atoms with Crippen molar-refractivity contribution in [1.29, 1.82) is 0 Å². The minimum absolute atomic E-state index is 0.481. The number of hydrogen-bond acceptors (Lipinski definition) is 3. The van der Waals surface area contributed by atoms with E-state index in [9.17, 15) is 0 Å². The standard InChI is InChI=1S/C11H23N3/c1-13-6-8-14(9-7-13)5-4-11(12)10-2-3-10/h10-11H,2-9,12H2,1H3. The number of hydrogen-bond donors (Lipinski definition) is 1. The fourth-order valence-electron chi connectivity index (χ4n) is 2.16. The molecule has 1 aliphatic heterocycles. The van der Waals surface area contributed by atoms with Gasteiger partial charge in [0.15, 0.2) is 0 Å². The Labute approximate surface area is 87.2 Å². The van der Waals surface area contributed by atoms with Crippen LogP contribution in [0.4, 0.5) is 0 Å². The third-order valence-corrected chi connectivity index (χ3v) is 3.60. The van der Waals surface area contributed by atoms with Crippen molar-refractivity contribution in [3.8, 4) is 0 Å². The average molecular weight is 197 g/mol. The minimum atomic E-state index is 0.481. The number of likely N-dealkylation sites (N-methyl/N-ethyl adjacent to an activating group) is 1. The van der Waals surface area contributed by atoms with Crippen LogP contribution in [0.3, 0.4) is 0 Å². The molecule has 82 valence electrons. The highest BCUT2D eigenvalue weighted by Gasteiger charge is 2.28. The maximum atomic E-state index is 6.09. The second-order valence-corrected chi connectivity index (χ2v) is 4.93. The molecule has 0 bridgehead atoms. The molecule has 3 nitrogen and oxygen atoms in total. The largest absolute Gasteiger partial charge is 0.327 e. The van der Waals surface area contributed by atoms with Crippen LogP contribution in [0, 0.1) is 5.92 Å². The molecule has 1 saturated heterocycles. The summed E-state index contributed by atoms with van der Waals surface area (Å²) < 4.78 is 0. The normalized spacial score (nSPS) is 27.9. The molecule has 0 spiro atoms. The molecule has 0 aromatic rings. The molecule has 3 heteroatoms. The van der Waals surface area contributed by atoms with Crippen molar-refractivity contribution in [3.05, 3.63) is 0 Å². The number of rotatable bonds is 4. The van der Waals surface area contributed by atoms with Gasteiger partial charge < -0.3 is 15.5 Å². The summed E-state index contributed by atoms with van der Waals surface area (Å²) in [5, 5.41) is 0. The molecule has 0 aromatic heterocycles. The van der Waals surface area contributed by atoms with Gasteiger partial charge in [0.25, 0.3) is 0 Å². The summed E-state index contributed by atoms with van der Waals surface area (Å²) in [6.45, 7) is 6.12. The molecular formula is C11H23N3. The van der Waals surface area contributed by atoms with E-state index in [1.807, 2.05) is 0 Å². The molecule has 0 amide bonds. The molecule has 1 aliphatic carbocycles. The monoisotopic (exact) mass is 197 g/mol. The third kappa shape index (κ3) is 2.94. The van der Waals surface area contributed by atoms with Crippen molar-refractivity contribution in [2.24, 2.45) is 11.7 Å². The highest BCUT2D eigenvalue weighted by atomic mass is 15.2. The van der Waals surface area contributed by atoms with Gasteiger partial charge in [0.2, 0.25) is 0 Å². The number of piperazine rings is 1. The molecule has 1 atom stereocenters. The highest BCUT2D eigenvalue weighted by Crippen LogP contribution is 2.32. The Kier molecular flexibility index (Phi) is 3.42. The lowest BCUT2D eigenvalue weighted by Crippen LogP contribution is -2.45. The highest BCUT2D eigenvalue weighted by molar-refractivity contribution is 4.84. The Hall–Kier alpha value is -0.120. The maximum Gasteiger partial charge on any atom is 0.0110 e. The van der Waals surface area contributed by atoms with E-state index in [4.69, 9.17) is 5.73 Å². The predicted octanol–water partition coefficient (Wildman–Crippen LogP) is 0.361. The molecule has 1 unspecified atom stereocenters. The summed E-state index contributed by atoms with van der Waals surface area (Å²) in [5.74, 6) is 0.863. The van der Waals surface area contributed by atoms with Crippen LogP contribution in [-0.2, 0) is 0 Å². The van der Waals surface area contributed by atoms with Crippen LogP contribution in [0.2, 0.25) is 0 Å². The Bertz CT molecular complexity index is 171. The minimum Gasteiger partial charge on any atom is -0.327 e. The van der Waals surface area contributed by atoms with E-state index in [0.29, 0.717) is 6.04 Å². The molecule has 14 heavy (non-hydrogen) atoms. The summed E-state index contributed by atoms with van der Waals surface area (Å²) in [7, 11) is 2.20. The Morgan fingerprint density at radius 3 is 2.43 bits per heavy atom. The van der Waals surface area contributed by atoms with E-state index in [1.54, 1.807) is 0 Å². The molecule has 0 aromatic carbocycles. The van der Waals surface area contributed by atoms with Crippen molar-refractivity contribution in [2.45, 2.75) is 25.3 Å². The third-order valence-electron chi connectivity index (χ3n) is 3.60. The lowest BCUT2D eigenvalue weighted by Gasteiger charge is -2.32. The molecule has 2 fully saturated rings. The van der Waals surface area contributed by atoms with Crippen molar-refractivity contribution in [3.63, 3.8) is 0 Å². The smallest absolute Gasteiger partial charge is 0.0110 e. The maximum absolute atomic E-state index is 6.09. The summed E-state index contributed by atoms with van der Waals surface area (Å²) in [4.78, 5) is 4.96. The molecule has 1 saturated carbocycles. The van der Waals surface area contributed by atoms with Crippen LogP contribution in [0.1, 0.15) is 19.3 Å². The van der Waals surface area contributed by atoms with Gasteiger partial charge in [-0.15, -0.1) is 0 Å². The van der Waals surface area contributed by atoms with Crippen LogP contribution in [-0.4, -0.2) is 55.6 Å². The van der Waals surface area contributed by atoms with E-state index in [-0.39, 0.29) is 0 Å². The lowest BCUT2D eigenvalue weighted by atomic mass is 10.1. The first-order valence-electron chi connectivity index (χ1n) is 5.92. The van der Waals surface area contributed by atoms with Gasteiger partial charge in [-0.3, -0.25) is 0 Å². The van der Waals surface area contributed by atoms with Gasteiger partial charge in [-0.25, -0.2) is 0 Å². The van der Waals surface area contributed by atoms with Crippen molar-refractivity contribution in [1.82, 2.24) is 9.80 Å². The molecule has 2 N–H and O–H groups in total. The van der Waals surface area contributed by atoms with Gasteiger partial charge in [-0.1, -0.05) is 0 Å². The van der Waals surface area contributed by atoms with Gasteiger partial charge in [0.1, 0.15) is 0 Å². The first-order chi connectivity index (χ1) is 6.75. The number of nitrogens with zero attached hydrogens (tertiary/aromatic N) is 2.